The first-order valence-electron chi connectivity index (χ1n) is 13.8. The van der Waals surface area contributed by atoms with Crippen LogP contribution in [0.5, 0.6) is 0 Å². The molecule has 9 heteroatoms. The van der Waals surface area contributed by atoms with Gasteiger partial charge in [0, 0.05) is 31.3 Å². The second kappa shape index (κ2) is 9.43. The molecule has 0 spiro atoms. The van der Waals surface area contributed by atoms with E-state index in [1.807, 2.05) is 0 Å². The summed E-state index contributed by atoms with van der Waals surface area (Å²) >= 11 is 0. The molecule has 5 aliphatic rings. The quantitative estimate of drug-likeness (QED) is 0.227. The summed E-state index contributed by atoms with van der Waals surface area (Å²) < 4.78 is 10.9. The van der Waals surface area contributed by atoms with Crippen LogP contribution in [0.15, 0.2) is 35.2 Å². The van der Waals surface area contributed by atoms with Crippen molar-refractivity contribution in [2.24, 2.45) is 28.6 Å². The molecule has 0 amide bonds. The van der Waals surface area contributed by atoms with Crippen molar-refractivity contribution in [3.8, 4) is 0 Å². The minimum atomic E-state index is -1.06. The summed E-state index contributed by atoms with van der Waals surface area (Å²) in [5.41, 5.74) is 7.15. The van der Waals surface area contributed by atoms with Crippen LogP contribution in [-0.4, -0.2) is 36.2 Å². The molecule has 3 saturated carbocycles. The van der Waals surface area contributed by atoms with Crippen molar-refractivity contribution in [1.29, 1.82) is 0 Å². The largest absolute Gasteiger partial charge is 0.462 e. The standard InChI is InChI=1S/C29H40N2O7/c1-7-35-26(34)25-24-15-23-21-9-8-19-14-20(36-17(3)32)10-12-27(19,5)22(21)11-13-28(23,6)29(24,38-31-25)16(2)30-37-18(4)33/h8,20-23,30-31H,2,7,9-15H2,1,3-6H3. The molecule has 0 bridgehead atoms. The molecule has 5 rings (SSSR count). The zero-order valence-electron chi connectivity index (χ0n) is 23.1. The molecular formula is C29H40N2O7. The Balaban J connectivity index is 1.51. The molecule has 4 aliphatic carbocycles. The van der Waals surface area contributed by atoms with Crippen molar-refractivity contribution in [3.63, 3.8) is 0 Å². The summed E-state index contributed by atoms with van der Waals surface area (Å²) in [5, 5.41) is 0. The highest BCUT2D eigenvalue weighted by atomic mass is 16.7. The second-order valence-electron chi connectivity index (χ2n) is 12.0. The van der Waals surface area contributed by atoms with Gasteiger partial charge in [-0.05, 0) is 68.6 Å². The first kappa shape index (κ1) is 26.8. The molecule has 2 N–H and O–H groups in total. The van der Waals surface area contributed by atoms with Crippen LogP contribution in [-0.2, 0) is 33.5 Å². The predicted molar refractivity (Wildman–Crippen MR) is 137 cm³/mol. The maximum absolute atomic E-state index is 13.0. The van der Waals surface area contributed by atoms with Crippen molar-refractivity contribution < 1.29 is 33.5 Å². The fraction of sp³-hybridized carbons (Fsp3) is 0.690. The first-order valence-corrected chi connectivity index (χ1v) is 13.8. The van der Waals surface area contributed by atoms with Crippen LogP contribution in [0.4, 0.5) is 0 Å². The molecule has 1 heterocycles. The number of nitrogens with one attached hydrogen (secondary N) is 2. The number of carbonyl (C=O) groups excluding carboxylic acids is 3. The minimum absolute atomic E-state index is 0.0428. The maximum atomic E-state index is 13.0. The van der Waals surface area contributed by atoms with E-state index in [2.05, 4.69) is 37.5 Å². The van der Waals surface area contributed by atoms with Gasteiger partial charge in [-0.25, -0.2) is 10.3 Å². The van der Waals surface area contributed by atoms with Gasteiger partial charge in [0.1, 0.15) is 11.8 Å². The summed E-state index contributed by atoms with van der Waals surface area (Å²) in [7, 11) is 0. The zero-order chi connectivity index (χ0) is 27.5. The number of hydrogen-bond acceptors (Lipinski definition) is 9. The molecule has 38 heavy (non-hydrogen) atoms. The molecule has 0 aromatic carbocycles. The normalized spacial score (nSPS) is 38.9. The molecule has 1 aliphatic heterocycles. The summed E-state index contributed by atoms with van der Waals surface area (Å²) in [4.78, 5) is 47.6. The lowest BCUT2D eigenvalue weighted by atomic mass is 9.47. The van der Waals surface area contributed by atoms with E-state index in [1.165, 1.54) is 19.4 Å². The van der Waals surface area contributed by atoms with Crippen molar-refractivity contribution in [1.82, 2.24) is 11.0 Å². The molecule has 0 radical (unpaired) electrons. The number of ether oxygens (including phenoxy) is 2. The summed E-state index contributed by atoms with van der Waals surface area (Å²) in [6, 6.07) is 0. The Morgan fingerprint density at radius 3 is 2.58 bits per heavy atom. The number of allylic oxidation sites excluding steroid dienone is 1. The van der Waals surface area contributed by atoms with E-state index in [1.54, 1.807) is 6.92 Å². The van der Waals surface area contributed by atoms with Gasteiger partial charge in [-0.15, -0.1) is 0 Å². The van der Waals surface area contributed by atoms with E-state index < -0.39 is 23.0 Å². The molecule has 7 atom stereocenters. The summed E-state index contributed by atoms with van der Waals surface area (Å²) in [5.74, 6) is -0.0776. The number of hydroxylamine groups is 2. The highest BCUT2D eigenvalue weighted by Crippen LogP contribution is 2.71. The van der Waals surface area contributed by atoms with E-state index >= 15 is 0 Å². The van der Waals surface area contributed by atoms with Gasteiger partial charge in [-0.2, -0.15) is 0 Å². The molecule has 7 unspecified atom stereocenters. The molecule has 3 fully saturated rings. The maximum Gasteiger partial charge on any atom is 0.356 e. The van der Waals surface area contributed by atoms with E-state index in [0.717, 1.165) is 44.1 Å². The topological polar surface area (TPSA) is 112 Å². The second-order valence-corrected chi connectivity index (χ2v) is 12.0. The molecule has 208 valence electrons. The predicted octanol–water partition coefficient (Wildman–Crippen LogP) is 4.16. The number of rotatable bonds is 6. The Labute approximate surface area is 224 Å². The van der Waals surface area contributed by atoms with Crippen LogP contribution in [0, 0.1) is 28.6 Å². The lowest BCUT2D eigenvalue weighted by Gasteiger charge is -2.59. The van der Waals surface area contributed by atoms with Gasteiger partial charge in [0.05, 0.1) is 12.3 Å². The van der Waals surface area contributed by atoms with E-state index in [4.69, 9.17) is 19.1 Å². The number of hydrogen-bond donors (Lipinski definition) is 2. The number of fused-ring (bicyclic) bond motifs is 7. The Kier molecular flexibility index (Phi) is 6.65. The molecular weight excluding hydrogens is 488 g/mol. The number of esters is 2. The molecule has 9 nitrogen and oxygen atoms in total. The Hall–Kier alpha value is -2.81. The van der Waals surface area contributed by atoms with Gasteiger partial charge in [0.15, 0.2) is 5.60 Å². The fourth-order valence-electron chi connectivity index (χ4n) is 8.61. The lowest BCUT2D eigenvalue weighted by Crippen LogP contribution is -2.57. The lowest BCUT2D eigenvalue weighted by molar-refractivity contribution is -0.162. The van der Waals surface area contributed by atoms with Gasteiger partial charge in [0.25, 0.3) is 0 Å². The molecule has 0 aromatic rings. The monoisotopic (exact) mass is 528 g/mol. The molecule has 0 aromatic heterocycles. The van der Waals surface area contributed by atoms with Gasteiger partial charge in [-0.1, -0.05) is 32.1 Å². The van der Waals surface area contributed by atoms with E-state index in [9.17, 15) is 14.4 Å². The van der Waals surface area contributed by atoms with Crippen LogP contribution < -0.4 is 11.0 Å². The minimum Gasteiger partial charge on any atom is -0.462 e. The third kappa shape index (κ3) is 3.80. The van der Waals surface area contributed by atoms with Crippen molar-refractivity contribution in [3.05, 3.63) is 35.2 Å². The SMILES string of the molecule is C=C(NOC(C)=O)C12ONC(C(=O)OCC)=C1CC1C3CC=C4CC(OC(C)=O)CCC4(C)C3CCC12C. The first-order chi connectivity index (χ1) is 18.0. The number of carbonyl (C=O) groups is 3. The van der Waals surface area contributed by atoms with Gasteiger partial charge < -0.3 is 14.3 Å². The third-order valence-electron chi connectivity index (χ3n) is 10.3. The van der Waals surface area contributed by atoms with Crippen LogP contribution in [0.1, 0.15) is 79.6 Å². The van der Waals surface area contributed by atoms with Gasteiger partial charge in [-0.3, -0.25) is 19.9 Å². The van der Waals surface area contributed by atoms with Crippen LogP contribution >= 0.6 is 0 Å². The third-order valence-corrected chi connectivity index (χ3v) is 10.3. The van der Waals surface area contributed by atoms with Crippen molar-refractivity contribution in [2.45, 2.75) is 91.3 Å². The zero-order valence-corrected chi connectivity index (χ0v) is 23.1. The average molecular weight is 529 g/mol. The van der Waals surface area contributed by atoms with Gasteiger partial charge in [0.2, 0.25) is 0 Å². The summed E-state index contributed by atoms with van der Waals surface area (Å²) in [6.45, 7) is 13.7. The smallest absolute Gasteiger partial charge is 0.356 e. The van der Waals surface area contributed by atoms with Crippen molar-refractivity contribution in [2.75, 3.05) is 6.61 Å². The van der Waals surface area contributed by atoms with E-state index in [-0.39, 0.29) is 30.0 Å². The van der Waals surface area contributed by atoms with E-state index in [0.29, 0.717) is 29.7 Å². The Morgan fingerprint density at radius 1 is 1.13 bits per heavy atom. The van der Waals surface area contributed by atoms with Gasteiger partial charge >= 0.3 is 17.9 Å². The molecule has 0 saturated heterocycles. The van der Waals surface area contributed by atoms with Crippen LogP contribution in [0.25, 0.3) is 0 Å². The highest BCUT2D eigenvalue weighted by Gasteiger charge is 2.71. The van der Waals surface area contributed by atoms with Crippen LogP contribution in [0.3, 0.4) is 0 Å². The Bertz CT molecular complexity index is 1130. The Morgan fingerprint density at radius 2 is 1.89 bits per heavy atom. The van der Waals surface area contributed by atoms with Crippen LogP contribution in [0.2, 0.25) is 0 Å². The average Bonchev–Trinajstić information content (AvgIpc) is 3.36. The highest BCUT2D eigenvalue weighted by molar-refractivity contribution is 5.90. The fourth-order valence-corrected chi connectivity index (χ4v) is 8.61. The summed E-state index contributed by atoms with van der Waals surface area (Å²) in [6.07, 6.45) is 8.45. The van der Waals surface area contributed by atoms with Crippen molar-refractivity contribution >= 4 is 17.9 Å².